The molecule has 0 aromatic heterocycles. The van der Waals surface area contributed by atoms with Gasteiger partial charge < -0.3 is 10.2 Å². The quantitative estimate of drug-likeness (QED) is 0.721. The van der Waals surface area contributed by atoms with Crippen molar-refractivity contribution >= 4 is 31.9 Å². The van der Waals surface area contributed by atoms with Gasteiger partial charge in [0.25, 0.3) is 0 Å². The van der Waals surface area contributed by atoms with Gasteiger partial charge in [-0.05, 0) is 41.1 Å². The second-order valence-electron chi connectivity index (χ2n) is 3.98. The Hall–Kier alpha value is -1.03. The molecule has 0 aliphatic rings. The van der Waals surface area contributed by atoms with Gasteiger partial charge in [-0.1, -0.05) is 0 Å². The molecule has 1 atom stereocenters. The van der Waals surface area contributed by atoms with Crippen LogP contribution in [0, 0.1) is 5.82 Å². The molecule has 0 amide bonds. The summed E-state index contributed by atoms with van der Waals surface area (Å²) < 4.78 is 38.8. The lowest BCUT2D eigenvalue weighted by Gasteiger charge is -2.18. The van der Waals surface area contributed by atoms with Crippen LogP contribution in [0.4, 0.5) is 4.39 Å². The predicted octanol–water partition coefficient (Wildman–Crippen LogP) is 0.702. The van der Waals surface area contributed by atoms with E-state index in [2.05, 4.69) is 15.9 Å². The average molecular weight is 356 g/mol. The molecular weight excluding hydrogens is 345 g/mol. The second kappa shape index (κ2) is 5.53. The minimum atomic E-state index is -4.14. The van der Waals surface area contributed by atoms with Crippen LogP contribution in [-0.4, -0.2) is 36.7 Å². The van der Waals surface area contributed by atoms with Crippen LogP contribution in [0.2, 0.25) is 0 Å². The molecule has 19 heavy (non-hydrogen) atoms. The SMILES string of the molecule is CC(O)(CNS(=O)(=O)c1cc(F)ccc1Br)C(=O)O. The summed E-state index contributed by atoms with van der Waals surface area (Å²) in [5.74, 6) is -2.33. The summed E-state index contributed by atoms with van der Waals surface area (Å²) in [6.07, 6.45) is 0. The van der Waals surface area contributed by atoms with Crippen molar-refractivity contribution in [1.29, 1.82) is 0 Å². The molecule has 0 aliphatic carbocycles. The van der Waals surface area contributed by atoms with Crippen molar-refractivity contribution in [2.45, 2.75) is 17.4 Å². The van der Waals surface area contributed by atoms with Crippen molar-refractivity contribution in [2.75, 3.05) is 6.54 Å². The second-order valence-corrected chi connectivity index (χ2v) is 6.57. The van der Waals surface area contributed by atoms with Crippen molar-refractivity contribution in [3.05, 3.63) is 28.5 Å². The Morgan fingerprint density at radius 3 is 2.63 bits per heavy atom. The Morgan fingerprint density at radius 1 is 1.53 bits per heavy atom. The first-order valence-corrected chi connectivity index (χ1v) is 7.24. The molecule has 1 rings (SSSR count). The molecule has 1 aromatic rings. The van der Waals surface area contributed by atoms with Crippen molar-refractivity contribution < 1.29 is 27.8 Å². The summed E-state index contributed by atoms with van der Waals surface area (Å²) in [6, 6.07) is 3.05. The summed E-state index contributed by atoms with van der Waals surface area (Å²) in [5, 5.41) is 18.1. The zero-order valence-corrected chi connectivity index (χ0v) is 12.1. The number of carboxylic acids is 1. The van der Waals surface area contributed by atoms with E-state index in [1.807, 2.05) is 4.72 Å². The lowest BCUT2D eigenvalue weighted by atomic mass is 10.1. The van der Waals surface area contributed by atoms with E-state index in [9.17, 15) is 22.7 Å². The summed E-state index contributed by atoms with van der Waals surface area (Å²) in [5.41, 5.74) is -2.26. The van der Waals surface area contributed by atoms with Gasteiger partial charge in [-0.15, -0.1) is 0 Å². The molecule has 0 spiro atoms. The molecule has 0 bridgehead atoms. The van der Waals surface area contributed by atoms with Gasteiger partial charge in [-0.3, -0.25) is 0 Å². The van der Waals surface area contributed by atoms with E-state index < -0.39 is 34.0 Å². The molecule has 0 saturated carbocycles. The topological polar surface area (TPSA) is 104 Å². The van der Waals surface area contributed by atoms with Gasteiger partial charge >= 0.3 is 5.97 Å². The van der Waals surface area contributed by atoms with E-state index in [1.54, 1.807) is 0 Å². The van der Waals surface area contributed by atoms with Crippen LogP contribution in [0.1, 0.15) is 6.92 Å². The number of aliphatic hydroxyl groups is 1. The lowest BCUT2D eigenvalue weighted by molar-refractivity contribution is -0.155. The Morgan fingerprint density at radius 2 is 2.11 bits per heavy atom. The molecule has 0 heterocycles. The van der Waals surface area contributed by atoms with Gasteiger partial charge in [0.2, 0.25) is 10.0 Å². The standard InChI is InChI=1S/C10H11BrFNO5S/c1-10(16,9(14)15)5-13-19(17,18)8-4-6(12)2-3-7(8)11/h2-4,13,16H,5H2,1H3,(H,14,15). The maximum absolute atomic E-state index is 13.0. The molecule has 1 aromatic carbocycles. The average Bonchev–Trinajstić information content (AvgIpc) is 2.30. The number of hydrogen-bond donors (Lipinski definition) is 3. The van der Waals surface area contributed by atoms with Crippen molar-refractivity contribution in [1.82, 2.24) is 4.72 Å². The van der Waals surface area contributed by atoms with Crippen LogP contribution in [0.15, 0.2) is 27.6 Å². The van der Waals surface area contributed by atoms with Crippen LogP contribution >= 0.6 is 15.9 Å². The highest BCUT2D eigenvalue weighted by Crippen LogP contribution is 2.22. The maximum atomic E-state index is 13.0. The molecule has 3 N–H and O–H groups in total. The fraction of sp³-hybridized carbons (Fsp3) is 0.300. The molecule has 106 valence electrons. The number of rotatable bonds is 5. The van der Waals surface area contributed by atoms with Gasteiger partial charge in [0.05, 0.1) is 11.4 Å². The summed E-state index contributed by atoms with van der Waals surface area (Å²) in [4.78, 5) is 10.3. The summed E-state index contributed by atoms with van der Waals surface area (Å²) in [7, 11) is -4.14. The Balaban J connectivity index is 3.00. The van der Waals surface area contributed by atoms with E-state index in [-0.39, 0.29) is 9.37 Å². The number of carboxylic acid groups (broad SMARTS) is 1. The minimum Gasteiger partial charge on any atom is -0.479 e. The summed E-state index contributed by atoms with van der Waals surface area (Å²) in [6.45, 7) is 0.200. The van der Waals surface area contributed by atoms with Crippen LogP contribution in [0.5, 0.6) is 0 Å². The monoisotopic (exact) mass is 355 g/mol. The molecule has 9 heteroatoms. The zero-order valence-electron chi connectivity index (χ0n) is 9.72. The molecule has 0 saturated heterocycles. The molecule has 1 unspecified atom stereocenters. The van der Waals surface area contributed by atoms with Crippen LogP contribution in [0.3, 0.4) is 0 Å². The smallest absolute Gasteiger partial charge is 0.336 e. The number of carbonyl (C=O) groups is 1. The molecule has 0 fully saturated rings. The molecule has 0 aliphatic heterocycles. The molecule has 0 radical (unpaired) electrons. The lowest BCUT2D eigenvalue weighted by Crippen LogP contribution is -2.46. The third-order valence-electron chi connectivity index (χ3n) is 2.25. The van der Waals surface area contributed by atoms with E-state index in [0.29, 0.717) is 0 Å². The first-order valence-electron chi connectivity index (χ1n) is 4.97. The number of benzene rings is 1. The highest BCUT2D eigenvalue weighted by atomic mass is 79.9. The molecular formula is C10H11BrFNO5S. The fourth-order valence-corrected chi connectivity index (χ4v) is 3.18. The normalized spacial score (nSPS) is 14.9. The maximum Gasteiger partial charge on any atom is 0.336 e. The highest BCUT2D eigenvalue weighted by molar-refractivity contribution is 9.10. The van der Waals surface area contributed by atoms with Gasteiger partial charge in [-0.25, -0.2) is 22.3 Å². The predicted molar refractivity (Wildman–Crippen MR) is 67.5 cm³/mol. The number of nitrogens with one attached hydrogen (secondary N) is 1. The van der Waals surface area contributed by atoms with Crippen molar-refractivity contribution in [2.24, 2.45) is 0 Å². The van der Waals surface area contributed by atoms with E-state index in [4.69, 9.17) is 5.11 Å². The van der Waals surface area contributed by atoms with Gasteiger partial charge in [0.15, 0.2) is 5.60 Å². The largest absolute Gasteiger partial charge is 0.479 e. The third-order valence-corrected chi connectivity index (χ3v) is 4.65. The first kappa shape index (κ1) is 16.0. The minimum absolute atomic E-state index is 0.122. The van der Waals surface area contributed by atoms with Crippen LogP contribution in [-0.2, 0) is 14.8 Å². The number of halogens is 2. The Bertz CT molecular complexity index is 602. The number of aliphatic carboxylic acids is 1. The van der Waals surface area contributed by atoms with Gasteiger partial charge in [0.1, 0.15) is 5.82 Å². The number of hydrogen-bond acceptors (Lipinski definition) is 4. The zero-order chi connectivity index (χ0) is 14.8. The summed E-state index contributed by atoms with van der Waals surface area (Å²) >= 11 is 2.95. The van der Waals surface area contributed by atoms with Crippen LogP contribution in [0.25, 0.3) is 0 Å². The van der Waals surface area contributed by atoms with Crippen molar-refractivity contribution in [3.8, 4) is 0 Å². The van der Waals surface area contributed by atoms with Crippen LogP contribution < -0.4 is 4.72 Å². The Labute approximate surface area is 117 Å². The van der Waals surface area contributed by atoms with E-state index in [1.165, 1.54) is 6.07 Å². The fourth-order valence-electron chi connectivity index (χ4n) is 1.07. The van der Waals surface area contributed by atoms with Crippen molar-refractivity contribution in [3.63, 3.8) is 0 Å². The van der Waals surface area contributed by atoms with E-state index in [0.717, 1.165) is 19.1 Å². The third kappa shape index (κ3) is 3.96. The number of sulfonamides is 1. The first-order chi connectivity index (χ1) is 8.56. The Kier molecular flexibility index (Phi) is 4.67. The highest BCUT2D eigenvalue weighted by Gasteiger charge is 2.32. The van der Waals surface area contributed by atoms with Gasteiger partial charge in [-0.2, -0.15) is 0 Å². The van der Waals surface area contributed by atoms with E-state index >= 15 is 0 Å². The molecule has 6 nitrogen and oxygen atoms in total. The van der Waals surface area contributed by atoms with Gasteiger partial charge in [0, 0.05) is 4.47 Å².